The number of phenolic OH excluding ortho intramolecular Hbond substituents is 1. The summed E-state index contributed by atoms with van der Waals surface area (Å²) in [6.45, 7) is 4.90. The molecular weight excluding hydrogens is 400 g/mol. The Bertz CT molecular complexity index is 1010. The molecule has 162 valence electrons. The lowest BCUT2D eigenvalue weighted by Gasteiger charge is -2.26. The molecule has 1 fully saturated rings. The highest BCUT2D eigenvalue weighted by atomic mass is 16.5. The first-order valence-corrected chi connectivity index (χ1v) is 10.0. The number of hydrogen-bond acceptors (Lipinski definition) is 6. The number of carbonyl (C=O) groups is 3. The summed E-state index contributed by atoms with van der Waals surface area (Å²) in [5.41, 5.74) is 0.577. The number of amides is 4. The Morgan fingerprint density at radius 2 is 1.74 bits per heavy atom. The van der Waals surface area contributed by atoms with Crippen molar-refractivity contribution in [1.29, 1.82) is 0 Å². The van der Waals surface area contributed by atoms with Gasteiger partial charge in [-0.25, -0.2) is 9.69 Å². The molecule has 0 atom stereocenters. The summed E-state index contributed by atoms with van der Waals surface area (Å²) < 4.78 is 11.4. The minimum absolute atomic E-state index is 0.00911. The second-order valence-corrected chi connectivity index (χ2v) is 6.82. The number of nitrogens with one attached hydrogen (secondary N) is 1. The maximum atomic E-state index is 12.9. The molecule has 2 N–H and O–H groups in total. The van der Waals surface area contributed by atoms with Gasteiger partial charge in [-0.3, -0.25) is 14.9 Å². The van der Waals surface area contributed by atoms with Gasteiger partial charge in [-0.1, -0.05) is 19.4 Å². The lowest BCUT2D eigenvalue weighted by molar-refractivity contribution is -0.122. The Kier molecular flexibility index (Phi) is 6.92. The number of imide groups is 2. The summed E-state index contributed by atoms with van der Waals surface area (Å²) in [6.07, 6.45) is 3.31. The van der Waals surface area contributed by atoms with Crippen molar-refractivity contribution in [2.24, 2.45) is 0 Å². The van der Waals surface area contributed by atoms with Gasteiger partial charge in [-0.2, -0.15) is 0 Å². The number of unbranched alkanes of at least 4 members (excludes halogenated alkanes) is 1. The third kappa shape index (κ3) is 5.03. The van der Waals surface area contributed by atoms with Crippen molar-refractivity contribution in [1.82, 2.24) is 5.32 Å². The van der Waals surface area contributed by atoms with Crippen LogP contribution in [0.25, 0.3) is 6.08 Å². The number of benzene rings is 2. The van der Waals surface area contributed by atoms with E-state index in [1.807, 2.05) is 6.92 Å². The van der Waals surface area contributed by atoms with Crippen LogP contribution in [0.1, 0.15) is 32.3 Å². The number of rotatable bonds is 8. The van der Waals surface area contributed by atoms with Crippen LogP contribution in [0.5, 0.6) is 17.2 Å². The van der Waals surface area contributed by atoms with E-state index in [0.29, 0.717) is 30.3 Å². The molecule has 31 heavy (non-hydrogen) atoms. The van der Waals surface area contributed by atoms with Gasteiger partial charge in [0.1, 0.15) is 11.3 Å². The Balaban J connectivity index is 1.92. The van der Waals surface area contributed by atoms with E-state index in [4.69, 9.17) is 9.47 Å². The molecule has 0 spiro atoms. The average molecular weight is 424 g/mol. The molecule has 3 rings (SSSR count). The van der Waals surface area contributed by atoms with Crippen molar-refractivity contribution in [3.63, 3.8) is 0 Å². The van der Waals surface area contributed by atoms with Gasteiger partial charge in [-0.05, 0) is 61.4 Å². The Hall–Kier alpha value is -3.81. The average Bonchev–Trinajstić information content (AvgIpc) is 2.74. The predicted octanol–water partition coefficient (Wildman–Crippen LogP) is 3.64. The molecule has 8 nitrogen and oxygen atoms in total. The van der Waals surface area contributed by atoms with E-state index in [2.05, 4.69) is 12.2 Å². The molecule has 0 radical (unpaired) electrons. The lowest BCUT2D eigenvalue weighted by Crippen LogP contribution is -2.54. The summed E-state index contributed by atoms with van der Waals surface area (Å²) >= 11 is 0. The second kappa shape index (κ2) is 9.80. The van der Waals surface area contributed by atoms with Crippen LogP contribution in [-0.4, -0.2) is 36.2 Å². The van der Waals surface area contributed by atoms with Crippen LogP contribution in [0, 0.1) is 0 Å². The highest BCUT2D eigenvalue weighted by molar-refractivity contribution is 6.39. The van der Waals surface area contributed by atoms with Crippen molar-refractivity contribution in [2.75, 3.05) is 18.1 Å². The van der Waals surface area contributed by atoms with Crippen molar-refractivity contribution >= 4 is 29.6 Å². The summed E-state index contributed by atoms with van der Waals surface area (Å²) in [6, 6.07) is 9.78. The van der Waals surface area contributed by atoms with E-state index in [-0.39, 0.29) is 17.0 Å². The zero-order chi connectivity index (χ0) is 22.4. The molecule has 2 aromatic carbocycles. The number of phenols is 1. The highest BCUT2D eigenvalue weighted by Gasteiger charge is 2.36. The minimum atomic E-state index is -0.854. The molecule has 1 saturated heterocycles. The summed E-state index contributed by atoms with van der Waals surface area (Å²) in [5.74, 6) is -0.474. The molecular formula is C23H24N2O6. The van der Waals surface area contributed by atoms with Gasteiger partial charge in [0, 0.05) is 0 Å². The molecule has 1 aliphatic heterocycles. The first kappa shape index (κ1) is 21.9. The topological polar surface area (TPSA) is 105 Å². The Morgan fingerprint density at radius 1 is 1.00 bits per heavy atom. The van der Waals surface area contributed by atoms with E-state index in [1.165, 1.54) is 30.3 Å². The fourth-order valence-electron chi connectivity index (χ4n) is 2.99. The SMILES string of the molecule is CCCCOc1ccc(C=C2C(=O)NC(=O)N(c3ccc(O)cc3)C2=O)cc1OCC. The van der Waals surface area contributed by atoms with E-state index in [9.17, 15) is 19.5 Å². The number of nitrogens with zero attached hydrogens (tertiary/aromatic N) is 1. The van der Waals surface area contributed by atoms with E-state index in [0.717, 1.165) is 17.7 Å². The maximum absolute atomic E-state index is 12.9. The number of carbonyl (C=O) groups excluding carboxylic acids is 3. The zero-order valence-electron chi connectivity index (χ0n) is 17.4. The number of anilines is 1. The van der Waals surface area contributed by atoms with Crippen molar-refractivity contribution in [2.45, 2.75) is 26.7 Å². The molecule has 0 saturated carbocycles. The number of hydrogen-bond donors (Lipinski definition) is 2. The molecule has 0 bridgehead atoms. The molecule has 4 amide bonds. The van der Waals surface area contributed by atoms with Gasteiger partial charge >= 0.3 is 6.03 Å². The lowest BCUT2D eigenvalue weighted by atomic mass is 10.1. The standard InChI is InChI=1S/C23H24N2O6/c1-3-5-12-31-19-11-6-15(14-20(19)30-4-2)13-18-21(27)24-23(29)25(22(18)28)16-7-9-17(26)10-8-16/h6-11,13-14,26H,3-5,12H2,1-2H3,(H,24,27,29). The largest absolute Gasteiger partial charge is 0.508 e. The molecule has 0 aromatic heterocycles. The Morgan fingerprint density at radius 3 is 2.42 bits per heavy atom. The molecule has 0 unspecified atom stereocenters. The molecule has 8 heteroatoms. The number of aromatic hydroxyl groups is 1. The van der Waals surface area contributed by atoms with E-state index >= 15 is 0 Å². The minimum Gasteiger partial charge on any atom is -0.508 e. The normalized spacial score (nSPS) is 15.2. The van der Waals surface area contributed by atoms with Gasteiger partial charge in [0.05, 0.1) is 18.9 Å². The number of ether oxygens (including phenoxy) is 2. The molecule has 2 aromatic rings. The van der Waals surface area contributed by atoms with Gasteiger partial charge < -0.3 is 14.6 Å². The van der Waals surface area contributed by atoms with Gasteiger partial charge in [0.2, 0.25) is 0 Å². The number of barbiturate groups is 1. The maximum Gasteiger partial charge on any atom is 0.335 e. The molecule has 1 aliphatic rings. The van der Waals surface area contributed by atoms with Crippen LogP contribution in [0.15, 0.2) is 48.0 Å². The quantitative estimate of drug-likeness (QED) is 0.381. The first-order valence-electron chi connectivity index (χ1n) is 10.0. The summed E-state index contributed by atoms with van der Waals surface area (Å²) in [5, 5.41) is 11.6. The summed E-state index contributed by atoms with van der Waals surface area (Å²) in [4.78, 5) is 38.4. The van der Waals surface area contributed by atoms with Crippen molar-refractivity contribution in [3.05, 3.63) is 53.6 Å². The van der Waals surface area contributed by atoms with Gasteiger partial charge in [0.15, 0.2) is 11.5 Å². The van der Waals surface area contributed by atoms with Crippen LogP contribution in [-0.2, 0) is 9.59 Å². The van der Waals surface area contributed by atoms with Crippen LogP contribution in [0.4, 0.5) is 10.5 Å². The first-order chi connectivity index (χ1) is 14.9. The predicted molar refractivity (Wildman–Crippen MR) is 115 cm³/mol. The van der Waals surface area contributed by atoms with E-state index in [1.54, 1.807) is 18.2 Å². The smallest absolute Gasteiger partial charge is 0.335 e. The van der Waals surface area contributed by atoms with Crippen molar-refractivity contribution < 1.29 is 29.0 Å². The second-order valence-electron chi connectivity index (χ2n) is 6.82. The van der Waals surface area contributed by atoms with Gasteiger partial charge in [-0.15, -0.1) is 0 Å². The van der Waals surface area contributed by atoms with Crippen LogP contribution < -0.4 is 19.7 Å². The Labute approximate surface area is 180 Å². The van der Waals surface area contributed by atoms with Crippen molar-refractivity contribution in [3.8, 4) is 17.2 Å². The highest BCUT2D eigenvalue weighted by Crippen LogP contribution is 2.30. The van der Waals surface area contributed by atoms with E-state index < -0.39 is 17.8 Å². The van der Waals surface area contributed by atoms with Gasteiger partial charge in [0.25, 0.3) is 11.8 Å². The fourth-order valence-corrected chi connectivity index (χ4v) is 2.99. The third-order valence-electron chi connectivity index (χ3n) is 4.54. The fraction of sp³-hybridized carbons (Fsp3) is 0.261. The molecule has 0 aliphatic carbocycles. The number of urea groups is 1. The zero-order valence-corrected chi connectivity index (χ0v) is 17.4. The summed E-state index contributed by atoms with van der Waals surface area (Å²) in [7, 11) is 0. The van der Waals surface area contributed by atoms with Crippen LogP contribution in [0.2, 0.25) is 0 Å². The van der Waals surface area contributed by atoms with Crippen LogP contribution >= 0.6 is 0 Å². The van der Waals surface area contributed by atoms with Crippen LogP contribution in [0.3, 0.4) is 0 Å². The monoisotopic (exact) mass is 424 g/mol. The molecule has 1 heterocycles. The third-order valence-corrected chi connectivity index (χ3v) is 4.54.